The van der Waals surface area contributed by atoms with E-state index in [4.69, 9.17) is 10.1 Å². The normalized spacial score (nSPS) is 14.9. The highest BCUT2D eigenvalue weighted by Gasteiger charge is 2.22. The predicted octanol–water partition coefficient (Wildman–Crippen LogP) is 2.02. The van der Waals surface area contributed by atoms with Crippen LogP contribution in [0.2, 0.25) is 0 Å². The molecule has 0 unspecified atom stereocenters. The summed E-state index contributed by atoms with van der Waals surface area (Å²) in [6.45, 7) is 3.40. The molecule has 0 bridgehead atoms. The standard InChI is InChI=1S/C24H25N5O4/c30-12-11-27-7-9-28(10-8-27)24(33)16-5-6-19-20(13-16)26-23(25-19)18-14-29(15-22(31)32)21-4-2-1-3-17(18)21/h1-6,13-14,30H,7-12,15H2,(H,25,26)(H,31,32). The second-order valence-electron chi connectivity index (χ2n) is 8.26. The lowest BCUT2D eigenvalue weighted by atomic mass is 10.1. The van der Waals surface area contributed by atoms with Gasteiger partial charge in [-0.2, -0.15) is 0 Å². The summed E-state index contributed by atoms with van der Waals surface area (Å²) in [5.41, 5.74) is 3.73. The molecular weight excluding hydrogens is 422 g/mol. The summed E-state index contributed by atoms with van der Waals surface area (Å²) < 4.78 is 1.70. The van der Waals surface area contributed by atoms with Crippen LogP contribution in [0.1, 0.15) is 10.4 Å². The fraction of sp³-hybridized carbons (Fsp3) is 0.292. The maximum atomic E-state index is 13.0. The van der Waals surface area contributed by atoms with Crippen molar-refractivity contribution in [2.75, 3.05) is 39.3 Å². The van der Waals surface area contributed by atoms with Gasteiger partial charge in [-0.15, -0.1) is 0 Å². The number of piperazine rings is 1. The van der Waals surface area contributed by atoms with E-state index in [2.05, 4.69) is 9.88 Å². The molecule has 5 rings (SSSR count). The highest BCUT2D eigenvalue weighted by Crippen LogP contribution is 2.30. The number of carboxylic acids is 1. The Bertz CT molecular complexity index is 1330. The fourth-order valence-corrected chi connectivity index (χ4v) is 4.48. The first kappa shape index (κ1) is 21.2. The first-order valence-electron chi connectivity index (χ1n) is 11.0. The highest BCUT2D eigenvalue weighted by atomic mass is 16.4. The number of carbonyl (C=O) groups excluding carboxylic acids is 1. The van der Waals surface area contributed by atoms with E-state index in [-0.39, 0.29) is 19.1 Å². The van der Waals surface area contributed by atoms with E-state index in [0.717, 1.165) is 40.6 Å². The summed E-state index contributed by atoms with van der Waals surface area (Å²) in [5, 5.41) is 19.3. The monoisotopic (exact) mass is 447 g/mol. The van der Waals surface area contributed by atoms with Crippen molar-refractivity contribution >= 4 is 33.8 Å². The molecule has 1 aliphatic rings. The van der Waals surface area contributed by atoms with Crippen LogP contribution in [0, 0.1) is 0 Å². The third-order valence-corrected chi connectivity index (χ3v) is 6.15. The summed E-state index contributed by atoms with van der Waals surface area (Å²) in [5.74, 6) is -0.297. The Morgan fingerprint density at radius 1 is 1.06 bits per heavy atom. The fourth-order valence-electron chi connectivity index (χ4n) is 4.48. The largest absolute Gasteiger partial charge is 0.480 e. The SMILES string of the molecule is O=C(O)Cn1cc(-c2nc3ccc(C(=O)N4CCN(CCO)CC4)cc3[nH]2)c2ccccc21. The van der Waals surface area contributed by atoms with E-state index in [1.54, 1.807) is 16.8 Å². The van der Waals surface area contributed by atoms with E-state index >= 15 is 0 Å². The number of carbonyl (C=O) groups is 2. The van der Waals surface area contributed by atoms with Crippen LogP contribution in [0.5, 0.6) is 0 Å². The van der Waals surface area contributed by atoms with E-state index in [1.165, 1.54) is 0 Å². The molecule has 9 nitrogen and oxygen atoms in total. The van der Waals surface area contributed by atoms with Crippen LogP contribution in [-0.2, 0) is 11.3 Å². The molecular formula is C24H25N5O4. The van der Waals surface area contributed by atoms with Gasteiger partial charge in [-0.3, -0.25) is 14.5 Å². The van der Waals surface area contributed by atoms with Crippen molar-refractivity contribution in [3.05, 3.63) is 54.2 Å². The molecule has 33 heavy (non-hydrogen) atoms. The lowest BCUT2D eigenvalue weighted by molar-refractivity contribution is -0.137. The average Bonchev–Trinajstić information content (AvgIpc) is 3.40. The number of β-amino-alcohol motifs (C(OH)–C–C–N with tert-alkyl or cyclic N) is 1. The van der Waals surface area contributed by atoms with Crippen LogP contribution in [0.4, 0.5) is 0 Å². The quantitative estimate of drug-likeness (QED) is 0.417. The molecule has 0 spiro atoms. The Morgan fingerprint density at radius 2 is 1.85 bits per heavy atom. The molecule has 3 heterocycles. The molecule has 0 atom stereocenters. The van der Waals surface area contributed by atoms with Gasteiger partial charge >= 0.3 is 5.97 Å². The minimum absolute atomic E-state index is 0.0187. The van der Waals surface area contributed by atoms with Crippen molar-refractivity contribution in [3.63, 3.8) is 0 Å². The number of fused-ring (bicyclic) bond motifs is 2. The van der Waals surface area contributed by atoms with Gasteiger partial charge in [0.15, 0.2) is 0 Å². The molecule has 1 saturated heterocycles. The number of benzene rings is 2. The summed E-state index contributed by atoms with van der Waals surface area (Å²) in [7, 11) is 0. The first-order valence-corrected chi connectivity index (χ1v) is 11.0. The topological polar surface area (TPSA) is 115 Å². The maximum absolute atomic E-state index is 13.0. The number of carboxylic acid groups (broad SMARTS) is 1. The average molecular weight is 447 g/mol. The Balaban J connectivity index is 1.44. The summed E-state index contributed by atoms with van der Waals surface area (Å²) in [6.07, 6.45) is 1.80. The second kappa shape index (κ2) is 8.68. The van der Waals surface area contributed by atoms with Gasteiger partial charge in [0.1, 0.15) is 12.4 Å². The molecule has 0 aliphatic carbocycles. The van der Waals surface area contributed by atoms with E-state index in [9.17, 15) is 14.7 Å². The van der Waals surface area contributed by atoms with Crippen LogP contribution in [0.15, 0.2) is 48.7 Å². The molecule has 9 heteroatoms. The molecule has 1 fully saturated rings. The van der Waals surface area contributed by atoms with Crippen LogP contribution < -0.4 is 0 Å². The number of aliphatic carboxylic acids is 1. The van der Waals surface area contributed by atoms with Crippen molar-refractivity contribution in [2.45, 2.75) is 6.54 Å². The zero-order chi connectivity index (χ0) is 22.9. The zero-order valence-corrected chi connectivity index (χ0v) is 18.1. The van der Waals surface area contributed by atoms with Crippen molar-refractivity contribution < 1.29 is 19.8 Å². The first-order chi connectivity index (χ1) is 16.0. The van der Waals surface area contributed by atoms with Crippen molar-refractivity contribution in [2.24, 2.45) is 0 Å². The number of nitrogens with zero attached hydrogens (tertiary/aromatic N) is 4. The lowest BCUT2D eigenvalue weighted by Crippen LogP contribution is -2.49. The summed E-state index contributed by atoms with van der Waals surface area (Å²) in [4.78, 5) is 36.3. The third kappa shape index (κ3) is 4.08. The molecule has 2 aromatic heterocycles. The van der Waals surface area contributed by atoms with Crippen LogP contribution in [0.25, 0.3) is 33.3 Å². The number of rotatable bonds is 6. The maximum Gasteiger partial charge on any atom is 0.323 e. The molecule has 0 radical (unpaired) electrons. The number of hydrogen-bond donors (Lipinski definition) is 3. The third-order valence-electron chi connectivity index (χ3n) is 6.15. The number of amides is 1. The minimum Gasteiger partial charge on any atom is -0.480 e. The van der Waals surface area contributed by atoms with Crippen LogP contribution in [-0.4, -0.2) is 85.8 Å². The number of aromatic nitrogens is 3. The predicted molar refractivity (Wildman–Crippen MR) is 124 cm³/mol. The van der Waals surface area contributed by atoms with Crippen molar-refractivity contribution in [3.8, 4) is 11.4 Å². The van der Waals surface area contributed by atoms with Gasteiger partial charge in [0.05, 0.1) is 17.6 Å². The highest BCUT2D eigenvalue weighted by molar-refractivity contribution is 5.99. The number of hydrogen-bond acceptors (Lipinski definition) is 5. The number of aromatic amines is 1. The Kier molecular flexibility index (Phi) is 5.57. The zero-order valence-electron chi connectivity index (χ0n) is 18.1. The number of imidazole rings is 1. The van der Waals surface area contributed by atoms with Crippen LogP contribution in [0.3, 0.4) is 0 Å². The molecule has 3 N–H and O–H groups in total. The Morgan fingerprint density at radius 3 is 2.61 bits per heavy atom. The molecule has 4 aromatic rings. The smallest absolute Gasteiger partial charge is 0.323 e. The summed E-state index contributed by atoms with van der Waals surface area (Å²) in [6, 6.07) is 13.1. The Hall–Kier alpha value is -3.69. The lowest BCUT2D eigenvalue weighted by Gasteiger charge is -2.34. The van der Waals surface area contributed by atoms with Crippen molar-refractivity contribution in [1.82, 2.24) is 24.3 Å². The molecule has 170 valence electrons. The van der Waals surface area contributed by atoms with Gasteiger partial charge in [-0.25, -0.2) is 4.98 Å². The summed E-state index contributed by atoms with van der Waals surface area (Å²) >= 11 is 0. The van der Waals surface area contributed by atoms with Gasteiger partial charge in [0.2, 0.25) is 0 Å². The van der Waals surface area contributed by atoms with Gasteiger partial charge in [0, 0.05) is 61.0 Å². The molecule has 2 aromatic carbocycles. The molecule has 1 amide bonds. The number of aliphatic hydroxyl groups is 1. The van der Waals surface area contributed by atoms with Gasteiger partial charge in [-0.1, -0.05) is 18.2 Å². The van der Waals surface area contributed by atoms with E-state index in [0.29, 0.717) is 31.0 Å². The minimum atomic E-state index is -0.910. The number of nitrogens with one attached hydrogen (secondary N) is 1. The van der Waals surface area contributed by atoms with Gasteiger partial charge in [-0.05, 0) is 24.3 Å². The van der Waals surface area contributed by atoms with Crippen LogP contribution >= 0.6 is 0 Å². The second-order valence-corrected chi connectivity index (χ2v) is 8.26. The van der Waals surface area contributed by atoms with Gasteiger partial charge in [0.25, 0.3) is 5.91 Å². The molecule has 0 saturated carbocycles. The van der Waals surface area contributed by atoms with Gasteiger partial charge < -0.3 is 24.7 Å². The van der Waals surface area contributed by atoms with Crippen molar-refractivity contribution in [1.29, 1.82) is 0 Å². The number of aliphatic hydroxyl groups excluding tert-OH is 1. The van der Waals surface area contributed by atoms with E-state index < -0.39 is 5.97 Å². The Labute approximate surface area is 189 Å². The number of H-pyrrole nitrogens is 1. The molecule has 1 aliphatic heterocycles. The number of para-hydroxylation sites is 1. The van der Waals surface area contributed by atoms with E-state index in [1.807, 2.05) is 41.3 Å².